The number of hydrogen-bond acceptors (Lipinski definition) is 4. The molecule has 0 aliphatic rings. The largest absolute Gasteiger partial charge is 0.298 e. The zero-order valence-electron chi connectivity index (χ0n) is 9.58. The van der Waals surface area contributed by atoms with E-state index in [-0.39, 0.29) is 4.21 Å². The molecule has 1 N–H and O–H groups in total. The normalized spacial score (nSPS) is 11.2. The zero-order valence-corrected chi connectivity index (χ0v) is 11.2. The van der Waals surface area contributed by atoms with Crippen molar-refractivity contribution >= 4 is 33.3 Å². The lowest BCUT2D eigenvalue weighted by atomic mass is 10.2. The van der Waals surface area contributed by atoms with Gasteiger partial charge in [-0.15, -0.1) is 11.3 Å². The molecule has 0 aliphatic heterocycles. The van der Waals surface area contributed by atoms with E-state index in [0.29, 0.717) is 17.5 Å². The average molecular weight is 281 g/mol. The minimum absolute atomic E-state index is 0.277. The van der Waals surface area contributed by atoms with Gasteiger partial charge in [0.25, 0.3) is 10.0 Å². The summed E-state index contributed by atoms with van der Waals surface area (Å²) < 4.78 is 26.7. The van der Waals surface area contributed by atoms with Crippen LogP contribution in [0.1, 0.15) is 15.2 Å². The minimum atomic E-state index is -3.53. The minimum Gasteiger partial charge on any atom is -0.298 e. The van der Waals surface area contributed by atoms with E-state index in [4.69, 9.17) is 0 Å². The number of benzene rings is 1. The molecule has 2 aromatic rings. The third-order valence-corrected chi connectivity index (χ3v) is 5.15. The fourth-order valence-electron chi connectivity index (χ4n) is 1.39. The second kappa shape index (κ2) is 4.91. The van der Waals surface area contributed by atoms with Crippen molar-refractivity contribution in [2.75, 3.05) is 4.72 Å². The molecule has 1 aromatic carbocycles. The van der Waals surface area contributed by atoms with Crippen LogP contribution in [-0.2, 0) is 10.0 Å². The molecule has 0 saturated carbocycles. The van der Waals surface area contributed by atoms with E-state index < -0.39 is 10.0 Å². The molecule has 18 heavy (non-hydrogen) atoms. The summed E-state index contributed by atoms with van der Waals surface area (Å²) in [5.74, 6) is 0. The molecule has 1 heterocycles. The molecule has 0 unspecified atom stereocenters. The summed E-state index contributed by atoms with van der Waals surface area (Å²) in [5.41, 5.74) is 0.941. The van der Waals surface area contributed by atoms with E-state index in [2.05, 4.69) is 4.72 Å². The lowest BCUT2D eigenvalue weighted by molar-refractivity contribution is 0.112. The summed E-state index contributed by atoms with van der Waals surface area (Å²) in [6.45, 7) is 1.85. The molecule has 94 valence electrons. The number of sulfonamides is 1. The Labute approximate surface area is 109 Å². The highest BCUT2D eigenvalue weighted by Crippen LogP contribution is 2.23. The Hall–Kier alpha value is -1.66. The van der Waals surface area contributed by atoms with Gasteiger partial charge in [0, 0.05) is 16.1 Å². The number of carbonyl (C=O) groups excluding carboxylic acids is 1. The van der Waals surface area contributed by atoms with Crippen LogP contribution in [0.15, 0.2) is 40.6 Å². The number of aryl methyl sites for hydroxylation is 1. The predicted octanol–water partition coefficient (Wildman–Crippen LogP) is 2.67. The number of hydrogen-bond donors (Lipinski definition) is 1. The summed E-state index contributed by atoms with van der Waals surface area (Å²) in [6.07, 6.45) is 0.709. The molecular weight excluding hydrogens is 270 g/mol. The number of aldehydes is 1. The Bertz CT molecular complexity index is 657. The molecule has 0 saturated heterocycles. The van der Waals surface area contributed by atoms with Crippen LogP contribution in [-0.4, -0.2) is 14.7 Å². The van der Waals surface area contributed by atoms with Gasteiger partial charge in [0.05, 0.1) is 0 Å². The average Bonchev–Trinajstić information content (AvgIpc) is 2.77. The number of anilines is 1. The highest BCUT2D eigenvalue weighted by Gasteiger charge is 2.15. The van der Waals surface area contributed by atoms with Crippen LogP contribution in [0.5, 0.6) is 0 Å². The van der Waals surface area contributed by atoms with Gasteiger partial charge in [-0.1, -0.05) is 0 Å². The van der Waals surface area contributed by atoms with E-state index in [1.54, 1.807) is 36.4 Å². The standard InChI is InChI=1S/C12H11NO3S2/c1-9-2-7-12(17-9)18(15,16)13-11-5-3-10(8-14)4-6-11/h2-8,13H,1H3. The number of thiophene rings is 1. The van der Waals surface area contributed by atoms with Crippen LogP contribution in [0.25, 0.3) is 0 Å². The molecule has 0 bridgehead atoms. The molecular formula is C12H11NO3S2. The lowest BCUT2D eigenvalue weighted by Gasteiger charge is -2.05. The molecule has 0 fully saturated rings. The summed E-state index contributed by atoms with van der Waals surface area (Å²) >= 11 is 1.21. The summed E-state index contributed by atoms with van der Waals surface area (Å²) in [7, 11) is -3.53. The fourth-order valence-corrected chi connectivity index (χ4v) is 3.73. The van der Waals surface area contributed by atoms with Crippen molar-refractivity contribution in [3.05, 3.63) is 46.8 Å². The van der Waals surface area contributed by atoms with E-state index >= 15 is 0 Å². The molecule has 0 amide bonds. The second-order valence-corrected chi connectivity index (χ2v) is 6.91. The summed E-state index contributed by atoms with van der Waals surface area (Å²) in [4.78, 5) is 11.4. The highest BCUT2D eigenvalue weighted by atomic mass is 32.2. The maximum absolute atomic E-state index is 12.0. The van der Waals surface area contributed by atoms with Gasteiger partial charge in [0.2, 0.25) is 0 Å². The smallest absolute Gasteiger partial charge is 0.271 e. The van der Waals surface area contributed by atoms with Gasteiger partial charge in [-0.05, 0) is 43.3 Å². The van der Waals surface area contributed by atoms with Crippen LogP contribution in [0.3, 0.4) is 0 Å². The van der Waals surface area contributed by atoms with Crippen molar-refractivity contribution in [3.8, 4) is 0 Å². The number of carbonyl (C=O) groups is 1. The van der Waals surface area contributed by atoms with Gasteiger partial charge >= 0.3 is 0 Å². The zero-order chi connectivity index (χ0) is 13.2. The summed E-state index contributed by atoms with van der Waals surface area (Å²) in [5, 5.41) is 0. The third kappa shape index (κ3) is 2.77. The molecule has 6 heteroatoms. The van der Waals surface area contributed by atoms with E-state index in [0.717, 1.165) is 4.88 Å². The van der Waals surface area contributed by atoms with Crippen LogP contribution < -0.4 is 4.72 Å². The van der Waals surface area contributed by atoms with E-state index in [9.17, 15) is 13.2 Å². The van der Waals surface area contributed by atoms with Crippen molar-refractivity contribution in [1.82, 2.24) is 0 Å². The van der Waals surface area contributed by atoms with Crippen molar-refractivity contribution in [2.45, 2.75) is 11.1 Å². The third-order valence-electron chi connectivity index (χ3n) is 2.28. The Balaban J connectivity index is 2.24. The van der Waals surface area contributed by atoms with Crippen LogP contribution in [0.2, 0.25) is 0 Å². The SMILES string of the molecule is Cc1ccc(S(=O)(=O)Nc2ccc(C=O)cc2)s1. The quantitative estimate of drug-likeness (QED) is 0.876. The molecule has 2 rings (SSSR count). The van der Waals surface area contributed by atoms with Crippen LogP contribution in [0, 0.1) is 6.92 Å². The van der Waals surface area contributed by atoms with Gasteiger partial charge in [0.1, 0.15) is 10.5 Å². The van der Waals surface area contributed by atoms with Crippen molar-refractivity contribution in [2.24, 2.45) is 0 Å². The topological polar surface area (TPSA) is 63.2 Å². The van der Waals surface area contributed by atoms with Crippen molar-refractivity contribution in [1.29, 1.82) is 0 Å². The maximum Gasteiger partial charge on any atom is 0.271 e. The maximum atomic E-state index is 12.0. The first-order chi connectivity index (χ1) is 8.51. The Morgan fingerprint density at radius 1 is 1.11 bits per heavy atom. The molecule has 0 spiro atoms. The van der Waals surface area contributed by atoms with Gasteiger partial charge in [-0.3, -0.25) is 9.52 Å². The fraction of sp³-hybridized carbons (Fsp3) is 0.0833. The van der Waals surface area contributed by atoms with Gasteiger partial charge in [0.15, 0.2) is 0 Å². The van der Waals surface area contributed by atoms with Crippen LogP contribution >= 0.6 is 11.3 Å². The van der Waals surface area contributed by atoms with Crippen molar-refractivity contribution in [3.63, 3.8) is 0 Å². The highest BCUT2D eigenvalue weighted by molar-refractivity contribution is 7.94. The van der Waals surface area contributed by atoms with Gasteiger partial charge < -0.3 is 0 Å². The predicted molar refractivity (Wildman–Crippen MR) is 71.7 cm³/mol. The van der Waals surface area contributed by atoms with Crippen molar-refractivity contribution < 1.29 is 13.2 Å². The first-order valence-electron chi connectivity index (χ1n) is 5.16. The summed E-state index contributed by atoms with van der Waals surface area (Å²) in [6, 6.07) is 9.56. The number of rotatable bonds is 4. The number of nitrogens with one attached hydrogen (secondary N) is 1. The monoisotopic (exact) mass is 281 g/mol. The first-order valence-corrected chi connectivity index (χ1v) is 7.46. The van der Waals surface area contributed by atoms with Gasteiger partial charge in [-0.2, -0.15) is 0 Å². The van der Waals surface area contributed by atoms with E-state index in [1.165, 1.54) is 11.3 Å². The first kappa shape index (κ1) is 12.8. The Kier molecular flexibility index (Phi) is 3.49. The van der Waals surface area contributed by atoms with Gasteiger partial charge in [-0.25, -0.2) is 8.42 Å². The molecule has 0 radical (unpaired) electrons. The molecule has 0 aliphatic carbocycles. The van der Waals surface area contributed by atoms with Crippen LogP contribution in [0.4, 0.5) is 5.69 Å². The Morgan fingerprint density at radius 3 is 2.28 bits per heavy atom. The van der Waals surface area contributed by atoms with E-state index in [1.807, 2.05) is 6.92 Å². The second-order valence-electron chi connectivity index (χ2n) is 3.71. The molecule has 0 atom stereocenters. The molecule has 4 nitrogen and oxygen atoms in total. The molecule has 1 aromatic heterocycles. The Morgan fingerprint density at radius 2 is 1.78 bits per heavy atom. The lowest BCUT2D eigenvalue weighted by Crippen LogP contribution is -2.11.